The Hall–Kier alpha value is -1.42. The molecule has 0 aliphatic carbocycles. The number of carbonyl (C=O) groups is 1. The van der Waals surface area contributed by atoms with Crippen LogP contribution in [0, 0.1) is 5.41 Å². The molecule has 3 nitrogen and oxygen atoms in total. The van der Waals surface area contributed by atoms with E-state index in [-0.39, 0.29) is 16.1 Å². The van der Waals surface area contributed by atoms with Gasteiger partial charge in [-0.05, 0) is 24.0 Å². The first-order valence-electron chi connectivity index (χ1n) is 7.13. The molecule has 2 aromatic rings. The molecular weight excluding hydrogens is 328 g/mol. The van der Waals surface area contributed by atoms with Gasteiger partial charge < -0.3 is 5.32 Å². The summed E-state index contributed by atoms with van der Waals surface area (Å²) < 4.78 is 0. The van der Waals surface area contributed by atoms with E-state index >= 15 is 0 Å². The standard InChI is InChI=1S/C17H21BrN2O/c1-17(2,3)10-13(18)11-19-16(21)15-9-8-12-6-4-5-7-14(12)20-15/h4-9,13H,10-11H2,1-3H3,(H,19,21). The maximum absolute atomic E-state index is 12.2. The quantitative estimate of drug-likeness (QED) is 0.842. The second-order valence-electron chi connectivity index (χ2n) is 6.46. The summed E-state index contributed by atoms with van der Waals surface area (Å²) in [6.45, 7) is 7.17. The molecule has 0 saturated carbocycles. The molecular formula is C17H21BrN2O. The number of aromatic nitrogens is 1. The molecule has 2 rings (SSSR count). The number of fused-ring (bicyclic) bond motifs is 1. The van der Waals surface area contributed by atoms with Gasteiger partial charge in [0.15, 0.2) is 0 Å². The second-order valence-corrected chi connectivity index (χ2v) is 7.76. The summed E-state index contributed by atoms with van der Waals surface area (Å²) >= 11 is 3.62. The van der Waals surface area contributed by atoms with Crippen LogP contribution in [0.3, 0.4) is 0 Å². The van der Waals surface area contributed by atoms with E-state index in [0.29, 0.717) is 12.2 Å². The minimum atomic E-state index is -0.126. The van der Waals surface area contributed by atoms with E-state index in [1.165, 1.54) is 0 Å². The largest absolute Gasteiger partial charge is 0.350 e. The molecule has 1 unspecified atom stereocenters. The number of halogens is 1. The third-order valence-electron chi connectivity index (χ3n) is 3.15. The topological polar surface area (TPSA) is 42.0 Å². The summed E-state index contributed by atoms with van der Waals surface area (Å²) in [4.78, 5) is 16.8. The molecule has 0 aliphatic rings. The third-order valence-corrected chi connectivity index (χ3v) is 3.80. The maximum atomic E-state index is 12.2. The summed E-state index contributed by atoms with van der Waals surface area (Å²) in [6, 6.07) is 11.5. The Bertz CT molecular complexity index is 634. The van der Waals surface area contributed by atoms with Gasteiger partial charge in [-0.3, -0.25) is 4.79 Å². The number of para-hydroxylation sites is 1. The highest BCUT2D eigenvalue weighted by molar-refractivity contribution is 9.09. The van der Waals surface area contributed by atoms with Crippen molar-refractivity contribution in [1.82, 2.24) is 10.3 Å². The predicted molar refractivity (Wildman–Crippen MR) is 90.9 cm³/mol. The fraction of sp³-hybridized carbons (Fsp3) is 0.412. The molecule has 21 heavy (non-hydrogen) atoms. The average Bonchev–Trinajstić information content (AvgIpc) is 2.42. The Morgan fingerprint density at radius 3 is 2.67 bits per heavy atom. The van der Waals surface area contributed by atoms with Crippen molar-refractivity contribution >= 4 is 32.7 Å². The lowest BCUT2D eigenvalue weighted by atomic mass is 9.90. The van der Waals surface area contributed by atoms with Gasteiger partial charge in [0.25, 0.3) is 5.91 Å². The van der Waals surface area contributed by atoms with Gasteiger partial charge in [-0.15, -0.1) is 0 Å². The van der Waals surface area contributed by atoms with Crippen LogP contribution in [0.2, 0.25) is 0 Å². The van der Waals surface area contributed by atoms with E-state index in [9.17, 15) is 4.79 Å². The average molecular weight is 349 g/mol. The zero-order chi connectivity index (χ0) is 15.5. The van der Waals surface area contributed by atoms with Crippen LogP contribution in [0.1, 0.15) is 37.7 Å². The molecule has 0 bridgehead atoms. The summed E-state index contributed by atoms with van der Waals surface area (Å²) in [7, 11) is 0. The van der Waals surface area contributed by atoms with E-state index in [0.717, 1.165) is 17.3 Å². The van der Waals surface area contributed by atoms with Crippen LogP contribution in [0.5, 0.6) is 0 Å². The molecule has 4 heteroatoms. The van der Waals surface area contributed by atoms with Crippen molar-refractivity contribution < 1.29 is 4.79 Å². The molecule has 0 spiro atoms. The number of hydrogen-bond acceptors (Lipinski definition) is 2. The highest BCUT2D eigenvalue weighted by Crippen LogP contribution is 2.24. The number of nitrogens with one attached hydrogen (secondary N) is 1. The van der Waals surface area contributed by atoms with Crippen LogP contribution >= 0.6 is 15.9 Å². The molecule has 1 aromatic carbocycles. The van der Waals surface area contributed by atoms with E-state index in [1.54, 1.807) is 6.07 Å². The second kappa shape index (κ2) is 6.56. The zero-order valence-electron chi connectivity index (χ0n) is 12.7. The third kappa shape index (κ3) is 4.81. The molecule has 0 fully saturated rings. The molecule has 1 atom stereocenters. The van der Waals surface area contributed by atoms with Gasteiger partial charge in [-0.2, -0.15) is 0 Å². The van der Waals surface area contributed by atoms with Gasteiger partial charge >= 0.3 is 0 Å². The van der Waals surface area contributed by atoms with Crippen molar-refractivity contribution in [3.05, 3.63) is 42.1 Å². The first-order valence-corrected chi connectivity index (χ1v) is 8.05. The SMILES string of the molecule is CC(C)(C)CC(Br)CNC(=O)c1ccc2ccccc2n1. The maximum Gasteiger partial charge on any atom is 0.269 e. The molecule has 0 radical (unpaired) electrons. The minimum Gasteiger partial charge on any atom is -0.350 e. The van der Waals surface area contributed by atoms with Gasteiger partial charge in [-0.1, -0.05) is 61.0 Å². The number of nitrogens with zero attached hydrogens (tertiary/aromatic N) is 1. The van der Waals surface area contributed by atoms with Gasteiger partial charge in [0.2, 0.25) is 0 Å². The molecule has 1 aromatic heterocycles. The minimum absolute atomic E-state index is 0.126. The van der Waals surface area contributed by atoms with Crippen molar-refractivity contribution in [2.24, 2.45) is 5.41 Å². The van der Waals surface area contributed by atoms with Crippen LogP contribution in [0.25, 0.3) is 10.9 Å². The van der Waals surface area contributed by atoms with E-state index in [2.05, 4.69) is 47.0 Å². The van der Waals surface area contributed by atoms with Crippen molar-refractivity contribution in [2.45, 2.75) is 32.0 Å². The molecule has 1 amide bonds. The highest BCUT2D eigenvalue weighted by Gasteiger charge is 2.17. The molecule has 1 N–H and O–H groups in total. The monoisotopic (exact) mass is 348 g/mol. The van der Waals surface area contributed by atoms with Crippen LogP contribution in [0.4, 0.5) is 0 Å². The fourth-order valence-corrected chi connectivity index (χ4v) is 3.36. The normalized spacial score (nSPS) is 13.1. The first kappa shape index (κ1) is 16.0. The number of alkyl halides is 1. The number of benzene rings is 1. The molecule has 1 heterocycles. The Balaban J connectivity index is 1.99. The van der Waals surface area contributed by atoms with E-state index < -0.39 is 0 Å². The Kier molecular flexibility index (Phi) is 4.99. The Morgan fingerprint density at radius 2 is 1.95 bits per heavy atom. The van der Waals surface area contributed by atoms with Crippen LogP contribution in [0.15, 0.2) is 36.4 Å². The number of amides is 1. The van der Waals surface area contributed by atoms with Crippen LogP contribution in [-0.4, -0.2) is 22.3 Å². The van der Waals surface area contributed by atoms with Crippen molar-refractivity contribution in [1.29, 1.82) is 0 Å². The van der Waals surface area contributed by atoms with Gasteiger partial charge in [0.05, 0.1) is 5.52 Å². The molecule has 112 valence electrons. The lowest BCUT2D eigenvalue weighted by Gasteiger charge is -2.22. The summed E-state index contributed by atoms with van der Waals surface area (Å²) in [5.74, 6) is -0.126. The van der Waals surface area contributed by atoms with Crippen molar-refractivity contribution in [2.75, 3.05) is 6.54 Å². The molecule has 0 aliphatic heterocycles. The smallest absolute Gasteiger partial charge is 0.269 e. The summed E-state index contributed by atoms with van der Waals surface area (Å²) in [6.07, 6.45) is 0.998. The van der Waals surface area contributed by atoms with Crippen molar-refractivity contribution in [3.63, 3.8) is 0 Å². The van der Waals surface area contributed by atoms with Crippen LogP contribution < -0.4 is 5.32 Å². The number of pyridine rings is 1. The number of hydrogen-bond donors (Lipinski definition) is 1. The van der Waals surface area contributed by atoms with Gasteiger partial charge in [-0.25, -0.2) is 4.98 Å². The first-order chi connectivity index (χ1) is 9.85. The predicted octanol–water partition coefficient (Wildman–Crippen LogP) is 4.16. The lowest BCUT2D eigenvalue weighted by molar-refractivity contribution is 0.0948. The number of carbonyl (C=O) groups excluding carboxylic acids is 1. The fourth-order valence-electron chi connectivity index (χ4n) is 2.22. The summed E-state index contributed by atoms with van der Waals surface area (Å²) in [5.41, 5.74) is 1.54. The zero-order valence-corrected chi connectivity index (χ0v) is 14.3. The highest BCUT2D eigenvalue weighted by atomic mass is 79.9. The van der Waals surface area contributed by atoms with Crippen molar-refractivity contribution in [3.8, 4) is 0 Å². The van der Waals surface area contributed by atoms with Gasteiger partial charge in [0, 0.05) is 16.8 Å². The van der Waals surface area contributed by atoms with E-state index in [1.807, 2.05) is 30.3 Å². The number of rotatable bonds is 4. The van der Waals surface area contributed by atoms with E-state index in [4.69, 9.17) is 0 Å². The summed E-state index contributed by atoms with van der Waals surface area (Å²) in [5, 5.41) is 3.98. The molecule has 0 saturated heterocycles. The van der Waals surface area contributed by atoms with Gasteiger partial charge in [0.1, 0.15) is 5.69 Å². The Labute approximate surface area is 134 Å². The van der Waals surface area contributed by atoms with Crippen LogP contribution in [-0.2, 0) is 0 Å². The Morgan fingerprint density at radius 1 is 1.24 bits per heavy atom. The lowest BCUT2D eigenvalue weighted by Crippen LogP contribution is -2.31.